The molecule has 1 N–H and O–H groups in total. The van der Waals surface area contributed by atoms with Crippen LogP contribution in [0.2, 0.25) is 0 Å². The smallest absolute Gasteiger partial charge is 0.333 e. The van der Waals surface area contributed by atoms with Gasteiger partial charge in [0.2, 0.25) is 0 Å². The number of nitrogens with one attached hydrogen (secondary N) is 1. The quantitative estimate of drug-likeness (QED) is 0.854. The fourth-order valence-electron chi connectivity index (χ4n) is 1.96. The summed E-state index contributed by atoms with van der Waals surface area (Å²) >= 11 is 0. The summed E-state index contributed by atoms with van der Waals surface area (Å²) in [6.45, 7) is 1.76. The van der Waals surface area contributed by atoms with E-state index in [1.54, 1.807) is 37.3 Å². The number of carbonyl (C=O) groups is 1. The Bertz CT molecular complexity index is 597. The van der Waals surface area contributed by atoms with Gasteiger partial charge in [0.1, 0.15) is 11.6 Å². The number of hydrogen-bond donors (Lipinski definition) is 1. The Hall–Kier alpha value is -2.43. The molecule has 0 aliphatic rings. The first-order valence-corrected chi connectivity index (χ1v) is 6.55. The molecular formula is C16H15F2NO2. The lowest BCUT2D eigenvalue weighted by Gasteiger charge is -2.19. The van der Waals surface area contributed by atoms with Crippen LogP contribution in [0.4, 0.5) is 14.5 Å². The molecule has 2 aromatic rings. The molecule has 110 valence electrons. The van der Waals surface area contributed by atoms with E-state index in [1.807, 2.05) is 0 Å². The number of carbonyl (C=O) groups excluding carboxylic acids is 1. The predicted molar refractivity (Wildman–Crippen MR) is 75.8 cm³/mol. The second-order valence-electron chi connectivity index (χ2n) is 4.33. The van der Waals surface area contributed by atoms with E-state index >= 15 is 0 Å². The largest absolute Gasteiger partial charge is 0.464 e. The van der Waals surface area contributed by atoms with E-state index < -0.39 is 23.6 Å². The third kappa shape index (κ3) is 3.56. The van der Waals surface area contributed by atoms with E-state index in [-0.39, 0.29) is 12.2 Å². The topological polar surface area (TPSA) is 38.3 Å². The molecule has 0 aliphatic heterocycles. The van der Waals surface area contributed by atoms with Gasteiger partial charge in [0, 0.05) is 5.69 Å². The number of hydrogen-bond acceptors (Lipinski definition) is 3. The van der Waals surface area contributed by atoms with Crippen molar-refractivity contribution in [2.75, 3.05) is 11.9 Å². The van der Waals surface area contributed by atoms with Crippen LogP contribution in [0, 0.1) is 11.6 Å². The highest BCUT2D eigenvalue weighted by Crippen LogP contribution is 2.26. The number of rotatable bonds is 5. The zero-order valence-electron chi connectivity index (χ0n) is 11.5. The molecule has 0 amide bonds. The Morgan fingerprint density at radius 2 is 1.71 bits per heavy atom. The van der Waals surface area contributed by atoms with Crippen LogP contribution in [-0.4, -0.2) is 12.6 Å². The van der Waals surface area contributed by atoms with Gasteiger partial charge < -0.3 is 10.1 Å². The maximum atomic E-state index is 13.9. The normalized spacial score (nSPS) is 11.8. The maximum absolute atomic E-state index is 13.9. The van der Waals surface area contributed by atoms with Gasteiger partial charge in [-0.1, -0.05) is 24.3 Å². The molecular weight excluding hydrogens is 276 g/mol. The van der Waals surface area contributed by atoms with Crippen LogP contribution in [0.15, 0.2) is 48.5 Å². The Morgan fingerprint density at radius 3 is 2.29 bits per heavy atom. The molecule has 3 nitrogen and oxygen atoms in total. The average molecular weight is 291 g/mol. The number of para-hydroxylation sites is 1. The van der Waals surface area contributed by atoms with Crippen molar-refractivity contribution in [1.29, 1.82) is 0 Å². The highest BCUT2D eigenvalue weighted by atomic mass is 19.1. The van der Waals surface area contributed by atoms with Gasteiger partial charge in [-0.25, -0.2) is 13.6 Å². The molecule has 0 heterocycles. The minimum atomic E-state index is -1.24. The summed E-state index contributed by atoms with van der Waals surface area (Å²) in [6.07, 6.45) is 0. The Balaban J connectivity index is 2.39. The molecule has 0 spiro atoms. The third-order valence-electron chi connectivity index (χ3n) is 2.90. The molecule has 0 saturated heterocycles. The minimum absolute atomic E-state index is 0.127. The number of esters is 1. The summed E-state index contributed by atoms with van der Waals surface area (Å²) in [4.78, 5) is 12.0. The lowest BCUT2D eigenvalue weighted by molar-refractivity contribution is -0.144. The molecule has 5 heteroatoms. The second-order valence-corrected chi connectivity index (χ2v) is 4.33. The van der Waals surface area contributed by atoms with Crippen LogP contribution in [-0.2, 0) is 9.53 Å². The van der Waals surface area contributed by atoms with Crippen LogP contribution >= 0.6 is 0 Å². The molecule has 0 fully saturated rings. The van der Waals surface area contributed by atoms with Gasteiger partial charge in [-0.3, -0.25) is 0 Å². The number of anilines is 1. The molecule has 0 radical (unpaired) electrons. The summed E-state index contributed by atoms with van der Waals surface area (Å²) in [6, 6.07) is 10.9. The Kier molecular flexibility index (Phi) is 4.87. The van der Waals surface area contributed by atoms with E-state index in [2.05, 4.69) is 5.32 Å². The van der Waals surface area contributed by atoms with Crippen molar-refractivity contribution in [1.82, 2.24) is 0 Å². The first-order valence-electron chi connectivity index (χ1n) is 6.55. The fourth-order valence-corrected chi connectivity index (χ4v) is 1.96. The first kappa shape index (κ1) is 15.0. The molecule has 0 bridgehead atoms. The SMILES string of the molecule is CCOC(=O)C(Nc1ccccc1)c1c(F)cccc1F. The van der Waals surface area contributed by atoms with E-state index in [0.29, 0.717) is 5.69 Å². The number of halogens is 2. The molecule has 2 aromatic carbocycles. The number of ether oxygens (including phenoxy) is 1. The van der Waals surface area contributed by atoms with E-state index in [9.17, 15) is 13.6 Å². The highest BCUT2D eigenvalue weighted by Gasteiger charge is 2.28. The zero-order valence-corrected chi connectivity index (χ0v) is 11.5. The van der Waals surface area contributed by atoms with E-state index in [4.69, 9.17) is 4.74 Å². The fraction of sp³-hybridized carbons (Fsp3) is 0.188. The third-order valence-corrected chi connectivity index (χ3v) is 2.90. The van der Waals surface area contributed by atoms with Crippen LogP contribution in [0.25, 0.3) is 0 Å². The zero-order chi connectivity index (χ0) is 15.2. The molecule has 21 heavy (non-hydrogen) atoms. The van der Waals surface area contributed by atoms with Crippen LogP contribution < -0.4 is 5.32 Å². The summed E-state index contributed by atoms with van der Waals surface area (Å²) in [5.41, 5.74) is 0.220. The van der Waals surface area contributed by atoms with Gasteiger partial charge in [-0.2, -0.15) is 0 Å². The van der Waals surface area contributed by atoms with Crippen LogP contribution in [0.1, 0.15) is 18.5 Å². The van der Waals surface area contributed by atoms with Gasteiger partial charge in [-0.15, -0.1) is 0 Å². The van der Waals surface area contributed by atoms with Gasteiger partial charge in [0.05, 0.1) is 12.2 Å². The van der Waals surface area contributed by atoms with Crippen LogP contribution in [0.5, 0.6) is 0 Å². The average Bonchev–Trinajstić information content (AvgIpc) is 2.47. The van der Waals surface area contributed by atoms with Gasteiger partial charge in [0.15, 0.2) is 6.04 Å². The molecule has 1 unspecified atom stereocenters. The molecule has 2 rings (SSSR count). The molecule has 0 aliphatic carbocycles. The van der Waals surface area contributed by atoms with Gasteiger partial charge in [-0.05, 0) is 31.2 Å². The van der Waals surface area contributed by atoms with Gasteiger partial charge >= 0.3 is 5.97 Å². The summed E-state index contributed by atoms with van der Waals surface area (Å²) in [5.74, 6) is -2.32. The molecule has 1 atom stereocenters. The van der Waals surface area contributed by atoms with Crippen molar-refractivity contribution < 1.29 is 18.3 Å². The Morgan fingerprint density at radius 1 is 1.10 bits per heavy atom. The van der Waals surface area contributed by atoms with Crippen molar-refractivity contribution in [2.45, 2.75) is 13.0 Å². The van der Waals surface area contributed by atoms with E-state index in [1.165, 1.54) is 6.07 Å². The number of benzene rings is 2. The summed E-state index contributed by atoms with van der Waals surface area (Å²) < 4.78 is 32.7. The lowest BCUT2D eigenvalue weighted by atomic mass is 10.0. The molecule has 0 saturated carbocycles. The Labute approximate surface area is 121 Å². The highest BCUT2D eigenvalue weighted by molar-refractivity contribution is 5.81. The first-order chi connectivity index (χ1) is 10.1. The minimum Gasteiger partial charge on any atom is -0.464 e. The monoisotopic (exact) mass is 291 g/mol. The van der Waals surface area contributed by atoms with Crippen molar-refractivity contribution in [2.24, 2.45) is 0 Å². The van der Waals surface area contributed by atoms with Crippen molar-refractivity contribution in [3.8, 4) is 0 Å². The van der Waals surface area contributed by atoms with Crippen molar-refractivity contribution >= 4 is 11.7 Å². The van der Waals surface area contributed by atoms with Crippen LogP contribution in [0.3, 0.4) is 0 Å². The summed E-state index contributed by atoms with van der Waals surface area (Å²) in [7, 11) is 0. The predicted octanol–water partition coefficient (Wildman–Crippen LogP) is 3.68. The standard InChI is InChI=1S/C16H15F2NO2/c1-2-21-16(20)15(19-11-7-4-3-5-8-11)14-12(17)9-6-10-13(14)18/h3-10,15,19H,2H2,1H3. The van der Waals surface area contributed by atoms with Crippen molar-refractivity contribution in [3.63, 3.8) is 0 Å². The molecule has 0 aromatic heterocycles. The second kappa shape index (κ2) is 6.83. The lowest BCUT2D eigenvalue weighted by Crippen LogP contribution is -2.25. The van der Waals surface area contributed by atoms with E-state index in [0.717, 1.165) is 12.1 Å². The van der Waals surface area contributed by atoms with Crippen molar-refractivity contribution in [3.05, 3.63) is 65.7 Å². The van der Waals surface area contributed by atoms with Gasteiger partial charge in [0.25, 0.3) is 0 Å². The maximum Gasteiger partial charge on any atom is 0.333 e. The summed E-state index contributed by atoms with van der Waals surface area (Å²) in [5, 5.41) is 2.81.